The molecule has 9 nitrogen and oxygen atoms in total. The van der Waals surface area contributed by atoms with Gasteiger partial charge in [-0.25, -0.2) is 18.0 Å². The van der Waals surface area contributed by atoms with Crippen molar-refractivity contribution in [1.82, 2.24) is 9.62 Å². The van der Waals surface area contributed by atoms with E-state index in [4.69, 9.17) is 4.74 Å². The fourth-order valence-electron chi connectivity index (χ4n) is 4.79. The molecule has 3 aromatic rings. The summed E-state index contributed by atoms with van der Waals surface area (Å²) >= 11 is 0. The average Bonchev–Trinajstić information content (AvgIpc) is 2.97. The van der Waals surface area contributed by atoms with Gasteiger partial charge >= 0.3 is 11.9 Å². The number of amides is 1. The van der Waals surface area contributed by atoms with Crippen LogP contribution in [0, 0.1) is 12.8 Å². The monoisotopic (exact) mass is 564 g/mol. The fraction of sp³-hybridized carbons (Fsp3) is 0.300. The van der Waals surface area contributed by atoms with Crippen LogP contribution in [-0.2, 0) is 30.8 Å². The number of benzene rings is 3. The summed E-state index contributed by atoms with van der Waals surface area (Å²) in [5.74, 6) is -3.21. The van der Waals surface area contributed by atoms with E-state index < -0.39 is 39.8 Å². The topological polar surface area (TPSA) is 130 Å². The third kappa shape index (κ3) is 6.57. The summed E-state index contributed by atoms with van der Waals surface area (Å²) in [7, 11) is -2.93. The van der Waals surface area contributed by atoms with E-state index >= 15 is 0 Å². The molecule has 0 radical (unpaired) electrons. The number of ether oxygens (including phenoxy) is 1. The molecule has 4 rings (SSSR count). The van der Waals surface area contributed by atoms with Gasteiger partial charge in [0.2, 0.25) is 15.9 Å². The van der Waals surface area contributed by atoms with Crippen LogP contribution in [-0.4, -0.2) is 61.9 Å². The lowest BCUT2D eigenvalue weighted by molar-refractivity contribution is -0.142. The van der Waals surface area contributed by atoms with Gasteiger partial charge in [-0.15, -0.1) is 0 Å². The normalized spacial score (nSPS) is 16.6. The van der Waals surface area contributed by atoms with Gasteiger partial charge in [0.25, 0.3) is 0 Å². The Morgan fingerprint density at radius 2 is 1.62 bits per heavy atom. The molecule has 2 atom stereocenters. The van der Waals surface area contributed by atoms with Crippen molar-refractivity contribution in [2.45, 2.75) is 37.1 Å². The molecule has 0 saturated carbocycles. The minimum atomic E-state index is -4.10. The zero-order valence-electron chi connectivity index (χ0n) is 22.4. The van der Waals surface area contributed by atoms with Gasteiger partial charge in [-0.1, -0.05) is 66.2 Å². The Kier molecular flexibility index (Phi) is 9.01. The van der Waals surface area contributed by atoms with E-state index in [-0.39, 0.29) is 30.0 Å². The van der Waals surface area contributed by atoms with Gasteiger partial charge in [0.05, 0.1) is 23.5 Å². The van der Waals surface area contributed by atoms with Gasteiger partial charge < -0.3 is 15.2 Å². The second-order valence-corrected chi connectivity index (χ2v) is 11.8. The molecular formula is C30H32N2O7S. The lowest BCUT2D eigenvalue weighted by atomic mass is 9.97. The van der Waals surface area contributed by atoms with E-state index in [9.17, 15) is 27.9 Å². The van der Waals surface area contributed by atoms with Gasteiger partial charge in [0.15, 0.2) is 0 Å². The first-order chi connectivity index (χ1) is 19.1. The Morgan fingerprint density at radius 1 is 1.00 bits per heavy atom. The highest BCUT2D eigenvalue weighted by Gasteiger charge is 2.36. The van der Waals surface area contributed by atoms with Gasteiger partial charge in [-0.05, 0) is 48.6 Å². The number of carboxylic acids is 1. The zero-order chi connectivity index (χ0) is 28.9. The lowest BCUT2D eigenvalue weighted by Gasteiger charge is -2.32. The van der Waals surface area contributed by atoms with E-state index in [0.29, 0.717) is 12.8 Å². The van der Waals surface area contributed by atoms with Crippen LogP contribution in [0.5, 0.6) is 0 Å². The highest BCUT2D eigenvalue weighted by Crippen LogP contribution is 2.27. The van der Waals surface area contributed by atoms with Crippen molar-refractivity contribution < 1.29 is 32.6 Å². The third-order valence-corrected chi connectivity index (χ3v) is 8.98. The smallest absolute Gasteiger partial charge is 0.339 e. The van der Waals surface area contributed by atoms with Crippen LogP contribution in [0.3, 0.4) is 0 Å². The number of aliphatic carboxylic acids is 1. The quantitative estimate of drug-likeness (QED) is 0.380. The first kappa shape index (κ1) is 29.0. The standard InChI is InChI=1S/C30H32N2O7S/c1-20-9-13-22(14-10-20)23-15-11-21(12-16-23)18-26(29(34)35)31-28(33)24-6-5-17-32(19-24)40(37,38)27-8-4-3-7-25(27)30(36)39-2/h3-4,7-16,24,26H,5-6,17-19H2,1-2H3,(H,31,33)(H,34,35)/t24?,26-/m0/s1. The molecule has 1 fully saturated rings. The number of hydrogen-bond donors (Lipinski definition) is 2. The molecule has 0 aromatic heterocycles. The van der Waals surface area contributed by atoms with Gasteiger partial charge in [0, 0.05) is 19.5 Å². The first-order valence-electron chi connectivity index (χ1n) is 13.0. The van der Waals surface area contributed by atoms with Gasteiger partial charge in [-0.2, -0.15) is 4.31 Å². The first-order valence-corrected chi connectivity index (χ1v) is 14.4. The summed E-state index contributed by atoms with van der Waals surface area (Å²) in [5.41, 5.74) is 3.86. The molecule has 1 aliphatic heterocycles. The number of esters is 1. The summed E-state index contributed by atoms with van der Waals surface area (Å²) in [4.78, 5) is 37.1. The maximum absolute atomic E-state index is 13.4. The molecule has 40 heavy (non-hydrogen) atoms. The summed E-state index contributed by atoms with van der Waals surface area (Å²) in [5, 5.41) is 12.4. The number of nitrogens with one attached hydrogen (secondary N) is 1. The number of carbonyl (C=O) groups is 3. The van der Waals surface area contributed by atoms with Crippen LogP contribution >= 0.6 is 0 Å². The highest BCUT2D eigenvalue weighted by molar-refractivity contribution is 7.89. The Morgan fingerprint density at radius 3 is 2.25 bits per heavy atom. The number of nitrogens with zero attached hydrogens (tertiary/aromatic N) is 1. The number of carboxylic acid groups (broad SMARTS) is 1. The Balaban J connectivity index is 1.44. The number of piperidine rings is 1. The van der Waals surface area contributed by atoms with Crippen LogP contribution < -0.4 is 5.32 Å². The lowest BCUT2D eigenvalue weighted by Crippen LogP contribution is -2.50. The van der Waals surface area contributed by atoms with Crippen LogP contribution in [0.15, 0.2) is 77.7 Å². The molecule has 0 bridgehead atoms. The van der Waals surface area contributed by atoms with Crippen LogP contribution in [0.2, 0.25) is 0 Å². The maximum Gasteiger partial charge on any atom is 0.339 e. The summed E-state index contributed by atoms with van der Waals surface area (Å²) in [6.07, 6.45) is 0.903. The second kappa shape index (κ2) is 12.4. The van der Waals surface area contributed by atoms with Crippen LogP contribution in [0.25, 0.3) is 11.1 Å². The molecular weight excluding hydrogens is 532 g/mol. The van der Waals surface area contributed by atoms with E-state index in [1.54, 1.807) is 6.07 Å². The van der Waals surface area contributed by atoms with Gasteiger partial charge in [-0.3, -0.25) is 4.79 Å². The molecule has 1 heterocycles. The Hall–Kier alpha value is -4.02. The largest absolute Gasteiger partial charge is 0.480 e. The molecule has 1 aliphatic rings. The number of hydrogen-bond acceptors (Lipinski definition) is 6. The average molecular weight is 565 g/mol. The summed E-state index contributed by atoms with van der Waals surface area (Å²) in [6.45, 7) is 2.07. The maximum atomic E-state index is 13.4. The molecule has 1 saturated heterocycles. The van der Waals surface area contributed by atoms with Crippen molar-refractivity contribution in [3.05, 3.63) is 89.5 Å². The molecule has 1 unspecified atom stereocenters. The van der Waals surface area contributed by atoms with Crippen molar-refractivity contribution in [2.75, 3.05) is 20.2 Å². The van der Waals surface area contributed by atoms with Crippen molar-refractivity contribution in [1.29, 1.82) is 0 Å². The number of aryl methyl sites for hydroxylation is 1. The Labute approximate surface area is 233 Å². The molecule has 2 N–H and O–H groups in total. The van der Waals surface area contributed by atoms with Crippen molar-refractivity contribution in [3.63, 3.8) is 0 Å². The molecule has 0 aliphatic carbocycles. The van der Waals surface area contributed by atoms with Crippen molar-refractivity contribution in [3.8, 4) is 11.1 Å². The van der Waals surface area contributed by atoms with Crippen LogP contribution in [0.1, 0.15) is 34.3 Å². The second-order valence-electron chi connectivity index (χ2n) is 9.86. The minimum absolute atomic E-state index is 0.0798. The molecule has 210 valence electrons. The fourth-order valence-corrected chi connectivity index (χ4v) is 6.49. The highest BCUT2D eigenvalue weighted by atomic mass is 32.2. The molecule has 0 spiro atoms. The van der Waals surface area contributed by atoms with Crippen molar-refractivity contribution in [2.24, 2.45) is 5.92 Å². The predicted octanol–water partition coefficient (Wildman–Crippen LogP) is 3.66. The number of methoxy groups -OCH3 is 1. The van der Waals surface area contributed by atoms with E-state index in [2.05, 4.69) is 5.32 Å². The number of carbonyl (C=O) groups excluding carboxylic acids is 2. The SMILES string of the molecule is COC(=O)c1ccccc1S(=O)(=O)N1CCCC(C(=O)N[C@@H](Cc2ccc(-c3ccc(C)cc3)cc2)C(=O)O)C1. The molecule has 1 amide bonds. The third-order valence-electron chi connectivity index (χ3n) is 7.06. The predicted molar refractivity (Wildman–Crippen MR) is 149 cm³/mol. The van der Waals surface area contributed by atoms with E-state index in [0.717, 1.165) is 22.3 Å². The zero-order valence-corrected chi connectivity index (χ0v) is 23.2. The van der Waals surface area contributed by atoms with Crippen molar-refractivity contribution >= 4 is 27.9 Å². The summed E-state index contributed by atoms with van der Waals surface area (Å²) in [6, 6.07) is 20.2. The van der Waals surface area contributed by atoms with E-state index in [1.165, 1.54) is 29.6 Å². The number of rotatable bonds is 9. The summed E-state index contributed by atoms with van der Waals surface area (Å²) < 4.78 is 32.7. The molecule has 10 heteroatoms. The van der Waals surface area contributed by atoms with Gasteiger partial charge in [0.1, 0.15) is 6.04 Å². The van der Waals surface area contributed by atoms with E-state index in [1.807, 2.05) is 55.5 Å². The Bertz CT molecular complexity index is 1490. The number of sulfonamides is 1. The molecule has 3 aromatic carbocycles. The van der Waals surface area contributed by atoms with Crippen LogP contribution in [0.4, 0.5) is 0 Å². The minimum Gasteiger partial charge on any atom is -0.480 e.